The van der Waals surface area contributed by atoms with Crippen LogP contribution in [-0.2, 0) is 36.5 Å². The average Bonchev–Trinajstić information content (AvgIpc) is 0.773. The molecule has 19 heteroatoms. The van der Waals surface area contributed by atoms with E-state index in [0.29, 0.717) is 132 Å². The van der Waals surface area contributed by atoms with E-state index in [4.69, 9.17) is 33.2 Å². The summed E-state index contributed by atoms with van der Waals surface area (Å²) in [5, 5.41) is 25.8. The first-order chi connectivity index (χ1) is 58.6. The van der Waals surface area contributed by atoms with Gasteiger partial charge >= 0.3 is 24.1 Å². The van der Waals surface area contributed by atoms with E-state index in [9.17, 15) is 14.4 Å². The van der Waals surface area contributed by atoms with Gasteiger partial charge in [0.25, 0.3) is 0 Å². The van der Waals surface area contributed by atoms with E-state index in [2.05, 4.69) is 137 Å². The van der Waals surface area contributed by atoms with E-state index in [-0.39, 0.29) is 36.5 Å². The van der Waals surface area contributed by atoms with Crippen LogP contribution in [0.15, 0.2) is 152 Å². The number of allylic oxidation sites excluding steroid dienone is 1. The van der Waals surface area contributed by atoms with Crippen LogP contribution in [0.2, 0.25) is 0 Å². The standard InChI is InChI=1S/C102H136N8O11/c1-12-17-22-23-28-35-47-115-90-44-38-41-82(69-90)103-97(111)107-86-60-74-54-72-58-85-59-73(93(72)118-50-31-18-13-2)55-75-61-87(108-99(113)105-84-43-40-46-92(71-84)117-49-37-30-27-25-24-26-29-36-48-116-91-45-39-42-83(70-91)104-98(112)106-85)63-77(95(75)120-52-33-20-15-4)57-79-65-88(109-100(114)110-89-67-80(101(6,7)8)66-81(68-89)102(9,10)11)64-78(96(79)121-53-34-21-16-5)56-76(62-86)94(74)119-51-32-19-14-3/h12,38-46,58-71H,1,13-37,47-57H2,2-11H3,(H2,103,107,111)(H2,104,106,112)(H2,105,108,113)(H2,109,110,114). The quantitative estimate of drug-likeness (QED) is 0.0146. The van der Waals surface area contributed by atoms with E-state index < -0.39 is 24.1 Å². The molecule has 0 aromatic heterocycles. The van der Waals surface area contributed by atoms with Crippen LogP contribution in [0.25, 0.3) is 0 Å². The molecular weight excluding hydrogens is 1510 g/mol. The summed E-state index contributed by atoms with van der Waals surface area (Å²) in [6.07, 6.45) is 26.8. The van der Waals surface area contributed by atoms with Crippen molar-refractivity contribution in [3.63, 3.8) is 0 Å². The van der Waals surface area contributed by atoms with Crippen molar-refractivity contribution in [1.82, 2.24) is 0 Å². The molecule has 1 aliphatic carbocycles. The van der Waals surface area contributed by atoms with Crippen LogP contribution >= 0.6 is 0 Å². The number of fused-ring (bicyclic) bond motifs is 12. The first-order valence-corrected chi connectivity index (χ1v) is 45.1. The summed E-state index contributed by atoms with van der Waals surface area (Å²) in [6.45, 7) is 28.8. The zero-order chi connectivity index (χ0) is 85.8. The third kappa shape index (κ3) is 30.4. The number of benzene rings is 8. The Bertz CT molecular complexity index is 4530. The highest BCUT2D eigenvalue weighted by molar-refractivity contribution is 6.03. The molecule has 0 fully saturated rings. The average molecular weight is 1650 g/mol. The van der Waals surface area contributed by atoms with Gasteiger partial charge in [0.05, 0.1) is 46.2 Å². The van der Waals surface area contributed by atoms with Crippen molar-refractivity contribution in [1.29, 1.82) is 0 Å². The van der Waals surface area contributed by atoms with Crippen molar-refractivity contribution in [2.45, 2.75) is 266 Å². The summed E-state index contributed by atoms with van der Waals surface area (Å²) in [5.41, 5.74) is 11.8. The predicted molar refractivity (Wildman–Crippen MR) is 498 cm³/mol. The lowest BCUT2D eigenvalue weighted by Gasteiger charge is -2.26. The minimum atomic E-state index is -0.482. The van der Waals surface area contributed by atoms with Gasteiger partial charge in [-0.25, -0.2) is 19.2 Å². The molecule has 0 spiro atoms. The fourth-order valence-corrected chi connectivity index (χ4v) is 15.3. The smallest absolute Gasteiger partial charge is 0.323 e. The van der Waals surface area contributed by atoms with Gasteiger partial charge in [-0.05, 0) is 177 Å². The number of rotatable bonds is 32. The number of amides is 8. The van der Waals surface area contributed by atoms with E-state index >= 15 is 4.79 Å². The van der Waals surface area contributed by atoms with Gasteiger partial charge in [-0.3, -0.25) is 0 Å². The summed E-state index contributed by atoms with van der Waals surface area (Å²) in [5.74, 6) is 4.37. The van der Waals surface area contributed by atoms with E-state index in [1.165, 1.54) is 0 Å². The number of carbonyl (C=O) groups excluding carboxylic acids is 4. The molecule has 0 unspecified atom stereocenters. The number of carbonyl (C=O) groups is 4. The number of anilines is 8. The van der Waals surface area contributed by atoms with E-state index in [1.807, 2.05) is 127 Å². The Kier molecular flexibility index (Phi) is 36.7. The van der Waals surface area contributed by atoms with Crippen molar-refractivity contribution in [2.24, 2.45) is 0 Å². The molecule has 10 rings (SSSR count). The third-order valence-corrected chi connectivity index (χ3v) is 21.8. The van der Waals surface area contributed by atoms with Crippen LogP contribution in [-0.4, -0.2) is 70.4 Å². The maximum Gasteiger partial charge on any atom is 0.323 e. The van der Waals surface area contributed by atoms with Gasteiger partial charge in [-0.2, -0.15) is 0 Å². The summed E-state index contributed by atoms with van der Waals surface area (Å²) in [4.78, 5) is 60.0. The van der Waals surface area contributed by atoms with Gasteiger partial charge in [0, 0.05) is 134 Å². The number of hydrogen-bond acceptors (Lipinski definition) is 11. The molecule has 1 heterocycles. The molecule has 0 radical (unpaired) electrons. The number of hydrogen-bond donors (Lipinski definition) is 8. The van der Waals surface area contributed by atoms with Gasteiger partial charge in [0.2, 0.25) is 0 Å². The number of ether oxygens (including phenoxy) is 7. The molecule has 8 amide bonds. The summed E-state index contributed by atoms with van der Waals surface area (Å²) in [6, 6.07) is 42.8. The van der Waals surface area contributed by atoms with E-state index in [0.717, 1.165) is 216 Å². The molecule has 0 saturated heterocycles. The van der Waals surface area contributed by atoms with Gasteiger partial charge in [0.1, 0.15) is 40.2 Å². The molecule has 121 heavy (non-hydrogen) atoms. The number of urea groups is 4. The summed E-state index contributed by atoms with van der Waals surface area (Å²) >= 11 is 0. The minimum Gasteiger partial charge on any atom is -0.494 e. The Balaban J connectivity index is 1.21. The Morgan fingerprint density at radius 1 is 0.364 bits per heavy atom. The lowest BCUT2D eigenvalue weighted by Crippen LogP contribution is -2.22. The fraction of sp³-hybridized carbons (Fsp3) is 0.471. The Labute approximate surface area is 721 Å². The summed E-state index contributed by atoms with van der Waals surface area (Å²) < 4.78 is 48.0. The summed E-state index contributed by atoms with van der Waals surface area (Å²) in [7, 11) is 0. The Morgan fingerprint density at radius 2 is 0.694 bits per heavy atom. The van der Waals surface area contributed by atoms with Crippen LogP contribution in [0, 0.1) is 0 Å². The Hall–Kier alpha value is -10.8. The van der Waals surface area contributed by atoms with Crippen molar-refractivity contribution >= 4 is 69.6 Å². The molecule has 8 aromatic carbocycles. The fourth-order valence-electron chi connectivity index (χ4n) is 15.3. The second-order valence-corrected chi connectivity index (χ2v) is 34.5. The van der Waals surface area contributed by atoms with Crippen LogP contribution in [0.3, 0.4) is 0 Å². The van der Waals surface area contributed by atoms with Crippen LogP contribution < -0.4 is 75.7 Å². The third-order valence-electron chi connectivity index (χ3n) is 21.8. The molecule has 1 aliphatic heterocycles. The molecule has 0 atom stereocenters. The lowest BCUT2D eigenvalue weighted by atomic mass is 9.80. The number of nitrogens with one attached hydrogen (secondary N) is 8. The van der Waals surface area contributed by atoms with Gasteiger partial charge in [0.15, 0.2) is 0 Å². The van der Waals surface area contributed by atoms with Gasteiger partial charge in [-0.15, -0.1) is 6.58 Å². The highest BCUT2D eigenvalue weighted by atomic mass is 16.5. The highest BCUT2D eigenvalue weighted by Gasteiger charge is 2.28. The van der Waals surface area contributed by atoms with Crippen molar-refractivity contribution in [3.8, 4) is 40.2 Å². The molecule has 650 valence electrons. The first kappa shape index (κ1) is 92.5. The monoisotopic (exact) mass is 1650 g/mol. The Morgan fingerprint density at radius 3 is 1.07 bits per heavy atom. The maximum absolute atomic E-state index is 15.2. The molecular formula is C102H136N8O11. The van der Waals surface area contributed by atoms with E-state index in [1.54, 1.807) is 0 Å². The van der Waals surface area contributed by atoms with Crippen molar-refractivity contribution in [3.05, 3.63) is 208 Å². The van der Waals surface area contributed by atoms with Gasteiger partial charge < -0.3 is 75.7 Å². The molecule has 8 aromatic rings. The first-order valence-electron chi connectivity index (χ1n) is 45.1. The minimum absolute atomic E-state index is 0.174. The lowest BCUT2D eigenvalue weighted by molar-refractivity contribution is 0.261. The largest absolute Gasteiger partial charge is 0.494 e. The normalized spacial score (nSPS) is 13.7. The predicted octanol–water partition coefficient (Wildman–Crippen LogP) is 27.2. The molecule has 2 aliphatic rings. The second-order valence-electron chi connectivity index (χ2n) is 34.5. The van der Waals surface area contributed by atoms with Gasteiger partial charge in [-0.1, -0.05) is 202 Å². The van der Waals surface area contributed by atoms with Crippen LogP contribution in [0.4, 0.5) is 64.7 Å². The second kappa shape index (κ2) is 48.0. The number of unbranched alkanes of at least 4 members (excludes halogenated alkanes) is 12. The zero-order valence-electron chi connectivity index (χ0n) is 74.0. The molecule has 8 N–H and O–H groups in total. The topological polar surface area (TPSA) is 229 Å². The molecule has 14 bridgehead atoms. The zero-order valence-corrected chi connectivity index (χ0v) is 74.0. The SMILES string of the molecule is C=CCCCCCCOc1cccc(NC(=O)Nc2cc3c(OCCCCC)c(c2)Cc2cc(NC(=O)Nc4cc(C(C)(C)C)cc(C(C)(C)C)c4)cc(c2OCCCCC)Cc2cc4cc(c2OCCCCC)Cc2cc(cc(c2OCCCCC)C3)NC(=O)Nc2cccc(c2)OCCCCCCCCCCOc2cccc(c2)NC(=O)N4)c1. The van der Waals surface area contributed by atoms with Crippen LogP contribution in [0.1, 0.15) is 285 Å². The van der Waals surface area contributed by atoms with Crippen molar-refractivity contribution in [2.75, 3.05) is 88.8 Å². The molecule has 19 nitrogen and oxygen atoms in total. The maximum atomic E-state index is 15.2. The highest BCUT2D eigenvalue weighted by Crippen LogP contribution is 2.44. The van der Waals surface area contributed by atoms with Crippen LogP contribution in [0.5, 0.6) is 40.2 Å². The molecule has 0 saturated carbocycles. The van der Waals surface area contributed by atoms with Crippen molar-refractivity contribution < 1.29 is 52.3 Å².